The maximum Gasteiger partial charge on any atom is 0.159 e. The van der Waals surface area contributed by atoms with Gasteiger partial charge in [-0.2, -0.15) is 0 Å². The third kappa shape index (κ3) is 3.80. The van der Waals surface area contributed by atoms with Crippen LogP contribution < -0.4 is 5.73 Å². The van der Waals surface area contributed by atoms with E-state index in [1.807, 2.05) is 6.92 Å². The van der Waals surface area contributed by atoms with E-state index in [0.717, 1.165) is 11.6 Å². The molecule has 0 aliphatic heterocycles. The first-order chi connectivity index (χ1) is 6.99. The van der Waals surface area contributed by atoms with Gasteiger partial charge in [-0.15, -0.1) is 6.58 Å². The van der Waals surface area contributed by atoms with Crippen molar-refractivity contribution >= 4 is 0 Å². The highest BCUT2D eigenvalue weighted by Crippen LogP contribution is 2.12. The van der Waals surface area contributed by atoms with Crippen LogP contribution in [-0.2, 0) is 6.42 Å². The summed E-state index contributed by atoms with van der Waals surface area (Å²) in [5.41, 5.74) is 7.52. The summed E-state index contributed by atoms with van der Waals surface area (Å²) in [7, 11) is 0. The van der Waals surface area contributed by atoms with Crippen molar-refractivity contribution in [1.82, 2.24) is 0 Å². The molecule has 0 aliphatic rings. The number of hydrogen-bond donors (Lipinski definition) is 1. The molecule has 0 saturated carbocycles. The molecule has 15 heavy (non-hydrogen) atoms. The molecule has 3 heteroatoms. The van der Waals surface area contributed by atoms with Crippen molar-refractivity contribution in [1.29, 1.82) is 0 Å². The number of benzene rings is 1. The van der Waals surface area contributed by atoms with E-state index in [1.165, 1.54) is 6.07 Å². The Kier molecular flexibility index (Phi) is 3.97. The molecule has 0 aromatic heterocycles. The van der Waals surface area contributed by atoms with Crippen LogP contribution in [0.3, 0.4) is 0 Å². The van der Waals surface area contributed by atoms with Crippen LogP contribution >= 0.6 is 0 Å². The lowest BCUT2D eigenvalue weighted by atomic mass is 10.0. The van der Waals surface area contributed by atoms with Crippen molar-refractivity contribution in [2.24, 2.45) is 5.73 Å². The molecule has 1 aromatic rings. The van der Waals surface area contributed by atoms with Crippen LogP contribution in [0.2, 0.25) is 0 Å². The van der Waals surface area contributed by atoms with Gasteiger partial charge in [-0.1, -0.05) is 11.6 Å². The molecule has 0 bridgehead atoms. The summed E-state index contributed by atoms with van der Waals surface area (Å²) in [6, 6.07) is 3.77. The van der Waals surface area contributed by atoms with Gasteiger partial charge in [-0.05, 0) is 37.5 Å². The van der Waals surface area contributed by atoms with E-state index in [0.29, 0.717) is 18.4 Å². The number of rotatable bonds is 4. The van der Waals surface area contributed by atoms with Crippen LogP contribution in [0.25, 0.3) is 0 Å². The van der Waals surface area contributed by atoms with Gasteiger partial charge in [0.2, 0.25) is 0 Å². The molecular formula is C12H15F2N. The first-order valence-corrected chi connectivity index (χ1v) is 4.83. The monoisotopic (exact) mass is 211 g/mol. The summed E-state index contributed by atoms with van der Waals surface area (Å²) < 4.78 is 25.5. The summed E-state index contributed by atoms with van der Waals surface area (Å²) in [6.07, 6.45) is 1.23. The van der Waals surface area contributed by atoms with E-state index >= 15 is 0 Å². The molecule has 0 fully saturated rings. The lowest BCUT2D eigenvalue weighted by molar-refractivity contribution is 0.506. The van der Waals surface area contributed by atoms with Crippen LogP contribution in [0.1, 0.15) is 18.9 Å². The zero-order valence-electron chi connectivity index (χ0n) is 8.76. The van der Waals surface area contributed by atoms with Crippen molar-refractivity contribution in [3.63, 3.8) is 0 Å². The largest absolute Gasteiger partial charge is 0.327 e. The second-order valence-electron chi connectivity index (χ2n) is 3.87. The van der Waals surface area contributed by atoms with Crippen molar-refractivity contribution in [2.75, 3.05) is 0 Å². The van der Waals surface area contributed by atoms with E-state index in [9.17, 15) is 8.78 Å². The maximum absolute atomic E-state index is 12.9. The van der Waals surface area contributed by atoms with Crippen LogP contribution in [0.4, 0.5) is 8.78 Å². The number of nitrogens with two attached hydrogens (primary N) is 1. The van der Waals surface area contributed by atoms with Crippen molar-refractivity contribution in [2.45, 2.75) is 25.8 Å². The first-order valence-electron chi connectivity index (χ1n) is 4.83. The maximum atomic E-state index is 12.9. The average molecular weight is 211 g/mol. The van der Waals surface area contributed by atoms with E-state index in [-0.39, 0.29) is 6.04 Å². The molecule has 1 atom stereocenters. The fraction of sp³-hybridized carbons (Fsp3) is 0.333. The molecule has 0 amide bonds. The highest BCUT2D eigenvalue weighted by Gasteiger charge is 2.07. The van der Waals surface area contributed by atoms with Gasteiger partial charge in [0.25, 0.3) is 0 Å². The lowest BCUT2D eigenvalue weighted by Crippen LogP contribution is -2.22. The van der Waals surface area contributed by atoms with Gasteiger partial charge in [0.1, 0.15) is 0 Å². The van der Waals surface area contributed by atoms with E-state index in [1.54, 1.807) is 6.07 Å². The predicted octanol–water partition coefficient (Wildman–Crippen LogP) is 2.80. The summed E-state index contributed by atoms with van der Waals surface area (Å²) in [6.45, 7) is 5.65. The van der Waals surface area contributed by atoms with E-state index < -0.39 is 11.6 Å². The average Bonchev–Trinajstić information content (AvgIpc) is 2.10. The van der Waals surface area contributed by atoms with Gasteiger partial charge in [-0.3, -0.25) is 0 Å². The van der Waals surface area contributed by atoms with Gasteiger partial charge in [-0.25, -0.2) is 8.78 Å². The van der Waals surface area contributed by atoms with Crippen LogP contribution in [0.15, 0.2) is 30.4 Å². The van der Waals surface area contributed by atoms with Gasteiger partial charge in [0.05, 0.1) is 0 Å². The molecule has 1 nitrogen and oxygen atoms in total. The highest BCUT2D eigenvalue weighted by molar-refractivity contribution is 5.19. The summed E-state index contributed by atoms with van der Waals surface area (Å²) in [5.74, 6) is -1.65. The molecule has 0 aliphatic carbocycles. The van der Waals surface area contributed by atoms with Gasteiger partial charge >= 0.3 is 0 Å². The Morgan fingerprint density at radius 1 is 1.40 bits per heavy atom. The fourth-order valence-corrected chi connectivity index (χ4v) is 1.49. The Morgan fingerprint density at radius 2 is 2.07 bits per heavy atom. The normalized spacial score (nSPS) is 12.5. The van der Waals surface area contributed by atoms with Gasteiger partial charge in [0, 0.05) is 6.04 Å². The Balaban J connectivity index is 2.64. The Morgan fingerprint density at radius 3 is 2.60 bits per heavy atom. The fourth-order valence-electron chi connectivity index (χ4n) is 1.49. The van der Waals surface area contributed by atoms with Crippen LogP contribution in [0.5, 0.6) is 0 Å². The molecular weight excluding hydrogens is 196 g/mol. The van der Waals surface area contributed by atoms with E-state index in [4.69, 9.17) is 5.73 Å². The van der Waals surface area contributed by atoms with Crippen LogP contribution in [-0.4, -0.2) is 6.04 Å². The lowest BCUT2D eigenvalue weighted by Gasteiger charge is -2.11. The zero-order valence-corrected chi connectivity index (χ0v) is 8.76. The van der Waals surface area contributed by atoms with Gasteiger partial charge < -0.3 is 5.73 Å². The molecule has 1 rings (SSSR count). The van der Waals surface area contributed by atoms with Crippen LogP contribution in [0, 0.1) is 11.6 Å². The van der Waals surface area contributed by atoms with Crippen molar-refractivity contribution in [3.05, 3.63) is 47.5 Å². The highest BCUT2D eigenvalue weighted by atomic mass is 19.2. The molecule has 1 aromatic carbocycles. The minimum Gasteiger partial charge on any atom is -0.327 e. The molecule has 82 valence electrons. The molecule has 2 N–H and O–H groups in total. The van der Waals surface area contributed by atoms with Crippen molar-refractivity contribution < 1.29 is 8.78 Å². The number of halogens is 2. The first kappa shape index (κ1) is 11.9. The standard InChI is InChI=1S/C12H15F2N/c1-8(2)5-10(15)6-9-3-4-11(13)12(14)7-9/h3-4,7,10H,1,5-6,15H2,2H3. The number of hydrogen-bond acceptors (Lipinski definition) is 1. The van der Waals surface area contributed by atoms with Gasteiger partial charge in [0.15, 0.2) is 11.6 Å². The van der Waals surface area contributed by atoms with E-state index in [2.05, 4.69) is 6.58 Å². The predicted molar refractivity (Wildman–Crippen MR) is 57.5 cm³/mol. The Labute approximate surface area is 88.6 Å². The minimum absolute atomic E-state index is 0.0904. The quantitative estimate of drug-likeness (QED) is 0.761. The second-order valence-corrected chi connectivity index (χ2v) is 3.87. The third-order valence-electron chi connectivity index (χ3n) is 2.09. The summed E-state index contributed by atoms with van der Waals surface area (Å²) >= 11 is 0. The molecule has 0 saturated heterocycles. The van der Waals surface area contributed by atoms with Crippen molar-refractivity contribution in [3.8, 4) is 0 Å². The Hall–Kier alpha value is -1.22. The smallest absolute Gasteiger partial charge is 0.159 e. The molecule has 1 unspecified atom stereocenters. The Bertz CT molecular complexity index is 361. The molecule has 0 heterocycles. The zero-order chi connectivity index (χ0) is 11.4. The molecule has 0 spiro atoms. The SMILES string of the molecule is C=C(C)CC(N)Cc1ccc(F)c(F)c1. The second kappa shape index (κ2) is 5.03. The topological polar surface area (TPSA) is 26.0 Å². The summed E-state index contributed by atoms with van der Waals surface area (Å²) in [5, 5.41) is 0. The summed E-state index contributed by atoms with van der Waals surface area (Å²) in [4.78, 5) is 0. The third-order valence-corrected chi connectivity index (χ3v) is 2.09. The minimum atomic E-state index is -0.827. The molecule has 0 radical (unpaired) electrons.